The minimum Gasteiger partial charge on any atom is -0.495 e. The number of rotatable bonds is 4. The number of ether oxygens (including phenoxy) is 1. The van der Waals surface area contributed by atoms with Crippen LogP contribution < -0.4 is 4.74 Å². The Bertz CT molecular complexity index is 667. The third-order valence-electron chi connectivity index (χ3n) is 2.67. The summed E-state index contributed by atoms with van der Waals surface area (Å²) < 4.78 is 5.19. The van der Waals surface area contributed by atoms with E-state index >= 15 is 0 Å². The second-order valence-electron chi connectivity index (χ2n) is 4.01. The highest BCUT2D eigenvalue weighted by molar-refractivity contribution is 7.98. The maximum Gasteiger partial charge on any atom is 0.136 e. The van der Waals surface area contributed by atoms with Gasteiger partial charge in [0.25, 0.3) is 0 Å². The molecule has 0 heterocycles. The summed E-state index contributed by atoms with van der Waals surface area (Å²) in [4.78, 5) is 0.933. The lowest BCUT2D eigenvalue weighted by Gasteiger charge is -2.07. The highest BCUT2D eigenvalue weighted by atomic mass is 35.5. The molecule has 0 amide bonds. The number of nitrogens with zero attached hydrogens (tertiary/aromatic N) is 1. The summed E-state index contributed by atoms with van der Waals surface area (Å²) in [6, 6.07) is 13.0. The summed E-state index contributed by atoms with van der Waals surface area (Å²) in [5.74, 6) is 1.31. The predicted octanol–water partition coefficient (Wildman–Crippen LogP) is 5.17. The molecule has 0 fully saturated rings. The van der Waals surface area contributed by atoms with E-state index < -0.39 is 0 Å². The largest absolute Gasteiger partial charge is 0.495 e. The SMILES string of the molecule is COc1cc(CSc2cc(Cl)ccc2Cl)ccc1C#N. The van der Waals surface area contributed by atoms with Gasteiger partial charge in [0.2, 0.25) is 0 Å². The molecule has 0 saturated heterocycles. The van der Waals surface area contributed by atoms with Crippen LogP contribution in [-0.4, -0.2) is 7.11 Å². The van der Waals surface area contributed by atoms with Crippen LogP contribution in [0.4, 0.5) is 0 Å². The molecule has 102 valence electrons. The van der Waals surface area contributed by atoms with Crippen molar-refractivity contribution in [2.45, 2.75) is 10.6 Å². The Kier molecular flexibility index (Phi) is 5.19. The van der Waals surface area contributed by atoms with Crippen LogP contribution in [0.3, 0.4) is 0 Å². The van der Waals surface area contributed by atoms with Crippen molar-refractivity contribution < 1.29 is 4.74 Å². The van der Waals surface area contributed by atoms with Crippen molar-refractivity contribution in [3.63, 3.8) is 0 Å². The Morgan fingerprint density at radius 1 is 1.20 bits per heavy atom. The smallest absolute Gasteiger partial charge is 0.136 e. The van der Waals surface area contributed by atoms with Crippen LogP contribution in [0.5, 0.6) is 5.75 Å². The topological polar surface area (TPSA) is 33.0 Å². The molecule has 0 bridgehead atoms. The van der Waals surface area contributed by atoms with Crippen LogP contribution >= 0.6 is 35.0 Å². The van der Waals surface area contributed by atoms with E-state index in [0.717, 1.165) is 16.2 Å². The van der Waals surface area contributed by atoms with Crippen molar-refractivity contribution in [3.8, 4) is 11.8 Å². The lowest BCUT2D eigenvalue weighted by atomic mass is 10.1. The van der Waals surface area contributed by atoms with E-state index in [2.05, 4.69) is 6.07 Å². The van der Waals surface area contributed by atoms with Gasteiger partial charge in [-0.1, -0.05) is 29.3 Å². The molecule has 0 aromatic heterocycles. The van der Waals surface area contributed by atoms with Crippen molar-refractivity contribution in [1.82, 2.24) is 0 Å². The Morgan fingerprint density at radius 3 is 2.70 bits per heavy atom. The lowest BCUT2D eigenvalue weighted by Crippen LogP contribution is -1.90. The molecule has 0 spiro atoms. The van der Waals surface area contributed by atoms with Gasteiger partial charge in [-0.2, -0.15) is 5.26 Å². The van der Waals surface area contributed by atoms with Gasteiger partial charge in [0.05, 0.1) is 17.7 Å². The van der Waals surface area contributed by atoms with Crippen molar-refractivity contribution in [2.24, 2.45) is 0 Å². The number of hydrogen-bond donors (Lipinski definition) is 0. The molecule has 0 aliphatic heterocycles. The summed E-state index contributed by atoms with van der Waals surface area (Å²) in [7, 11) is 1.56. The first-order chi connectivity index (χ1) is 9.63. The molecule has 0 aliphatic rings. The van der Waals surface area contributed by atoms with E-state index in [1.165, 1.54) is 0 Å². The van der Waals surface area contributed by atoms with Gasteiger partial charge in [-0.25, -0.2) is 0 Å². The Morgan fingerprint density at radius 2 is 2.00 bits per heavy atom. The Balaban J connectivity index is 2.15. The molecule has 2 rings (SSSR count). The normalized spacial score (nSPS) is 10.1. The average Bonchev–Trinajstić information content (AvgIpc) is 2.47. The fourth-order valence-electron chi connectivity index (χ4n) is 1.67. The molecule has 2 aromatic rings. The summed E-state index contributed by atoms with van der Waals surface area (Å²) in [5, 5.41) is 10.3. The molecular formula is C15H11Cl2NOS. The van der Waals surface area contributed by atoms with Gasteiger partial charge in [-0.05, 0) is 35.9 Å². The Labute approximate surface area is 132 Å². The van der Waals surface area contributed by atoms with Crippen LogP contribution in [0.15, 0.2) is 41.3 Å². The summed E-state index contributed by atoms with van der Waals surface area (Å²) in [6.07, 6.45) is 0. The Hall–Kier alpha value is -1.34. The van der Waals surface area contributed by atoms with Crippen molar-refractivity contribution >= 4 is 35.0 Å². The van der Waals surface area contributed by atoms with E-state index in [9.17, 15) is 0 Å². The third kappa shape index (κ3) is 3.61. The maximum absolute atomic E-state index is 8.95. The van der Waals surface area contributed by atoms with Gasteiger partial charge >= 0.3 is 0 Å². The first-order valence-corrected chi connectivity index (χ1v) is 7.53. The van der Waals surface area contributed by atoms with Gasteiger partial charge in [-0.3, -0.25) is 0 Å². The summed E-state index contributed by atoms with van der Waals surface area (Å²) >= 11 is 13.7. The molecule has 2 nitrogen and oxygen atoms in total. The second kappa shape index (κ2) is 6.90. The standard InChI is InChI=1S/C15H11Cl2NOS/c1-19-14-6-10(2-3-11(14)8-18)9-20-15-7-12(16)4-5-13(15)17/h2-7H,9H2,1H3. The first kappa shape index (κ1) is 15.1. The average molecular weight is 324 g/mol. The van der Waals surface area contributed by atoms with Crippen LogP contribution in [-0.2, 0) is 5.75 Å². The second-order valence-corrected chi connectivity index (χ2v) is 5.87. The van der Waals surface area contributed by atoms with Gasteiger partial charge < -0.3 is 4.74 Å². The number of nitriles is 1. The van der Waals surface area contributed by atoms with Gasteiger partial charge in [0.1, 0.15) is 11.8 Å². The van der Waals surface area contributed by atoms with Crippen LogP contribution in [0, 0.1) is 11.3 Å². The highest BCUT2D eigenvalue weighted by Crippen LogP contribution is 2.33. The molecule has 0 N–H and O–H groups in total. The van der Waals surface area contributed by atoms with E-state index in [0.29, 0.717) is 21.4 Å². The number of methoxy groups -OCH3 is 1. The minimum atomic E-state index is 0.530. The zero-order chi connectivity index (χ0) is 14.5. The molecule has 2 aromatic carbocycles. The number of halogens is 2. The van der Waals surface area contributed by atoms with Crippen molar-refractivity contribution in [1.29, 1.82) is 5.26 Å². The molecule has 0 atom stereocenters. The molecule has 0 unspecified atom stereocenters. The van der Waals surface area contributed by atoms with Crippen LogP contribution in [0.2, 0.25) is 10.0 Å². The molecule has 0 aliphatic carbocycles. The zero-order valence-corrected chi connectivity index (χ0v) is 13.0. The molecule has 0 radical (unpaired) electrons. The number of thioether (sulfide) groups is 1. The predicted molar refractivity (Wildman–Crippen MR) is 83.7 cm³/mol. The van der Waals surface area contributed by atoms with Crippen molar-refractivity contribution in [2.75, 3.05) is 7.11 Å². The van der Waals surface area contributed by atoms with Crippen molar-refractivity contribution in [3.05, 3.63) is 57.6 Å². The zero-order valence-electron chi connectivity index (χ0n) is 10.7. The molecule has 20 heavy (non-hydrogen) atoms. The summed E-state index contributed by atoms with van der Waals surface area (Å²) in [6.45, 7) is 0. The summed E-state index contributed by atoms with van der Waals surface area (Å²) in [5.41, 5.74) is 1.59. The maximum atomic E-state index is 8.95. The fraction of sp³-hybridized carbons (Fsp3) is 0.133. The monoisotopic (exact) mass is 323 g/mol. The van der Waals surface area contributed by atoms with Gasteiger partial charge in [0.15, 0.2) is 0 Å². The quantitative estimate of drug-likeness (QED) is 0.728. The number of hydrogen-bond acceptors (Lipinski definition) is 3. The van der Waals surface area contributed by atoms with Crippen LogP contribution in [0.1, 0.15) is 11.1 Å². The highest BCUT2D eigenvalue weighted by Gasteiger charge is 2.06. The van der Waals surface area contributed by atoms with E-state index in [1.807, 2.05) is 18.2 Å². The van der Waals surface area contributed by atoms with E-state index in [1.54, 1.807) is 37.1 Å². The molecule has 5 heteroatoms. The first-order valence-electron chi connectivity index (χ1n) is 5.79. The minimum absolute atomic E-state index is 0.530. The van der Waals surface area contributed by atoms with Crippen LogP contribution in [0.25, 0.3) is 0 Å². The fourth-order valence-corrected chi connectivity index (χ4v) is 3.10. The van der Waals surface area contributed by atoms with E-state index in [-0.39, 0.29) is 0 Å². The van der Waals surface area contributed by atoms with Gasteiger partial charge in [-0.15, -0.1) is 11.8 Å². The molecular weight excluding hydrogens is 313 g/mol. The molecule has 0 saturated carbocycles. The lowest BCUT2D eigenvalue weighted by molar-refractivity contribution is 0.413. The van der Waals surface area contributed by atoms with Gasteiger partial charge in [0, 0.05) is 15.7 Å². The third-order valence-corrected chi connectivity index (χ3v) is 4.48. The van der Waals surface area contributed by atoms with E-state index in [4.69, 9.17) is 33.2 Å². The number of benzene rings is 2.